The molecule has 0 unspecified atom stereocenters. The van der Waals surface area contributed by atoms with E-state index in [1.165, 1.54) is 7.11 Å². The molecule has 0 fully saturated rings. The second-order valence-corrected chi connectivity index (χ2v) is 4.16. The fourth-order valence-corrected chi connectivity index (χ4v) is 1.77. The van der Waals surface area contributed by atoms with Crippen molar-refractivity contribution in [2.24, 2.45) is 0 Å². The Hall–Kier alpha value is -1.88. The number of fused-ring (bicyclic) bond motifs is 1. The van der Waals surface area contributed by atoms with E-state index in [2.05, 4.69) is 19.6 Å². The van der Waals surface area contributed by atoms with Crippen molar-refractivity contribution in [3.8, 4) is 0 Å². The van der Waals surface area contributed by atoms with E-state index in [4.69, 9.17) is 0 Å². The fourth-order valence-electron chi connectivity index (χ4n) is 1.77. The predicted octanol–water partition coefficient (Wildman–Crippen LogP) is 1.41. The van der Waals surface area contributed by atoms with E-state index in [0.717, 1.165) is 23.0 Å². The van der Waals surface area contributed by atoms with Crippen molar-refractivity contribution in [3.05, 3.63) is 29.7 Å². The van der Waals surface area contributed by atoms with Gasteiger partial charge in [0.1, 0.15) is 5.69 Å². The molecule has 0 aromatic carbocycles. The number of hydrogen-bond acceptors (Lipinski definition) is 4. The van der Waals surface area contributed by atoms with Crippen LogP contribution in [0, 0.1) is 0 Å². The average Bonchev–Trinajstić information content (AvgIpc) is 2.70. The molecule has 90 valence electrons. The van der Waals surface area contributed by atoms with Gasteiger partial charge in [-0.15, -0.1) is 0 Å². The highest BCUT2D eigenvalue weighted by Crippen LogP contribution is 2.19. The van der Waals surface area contributed by atoms with E-state index < -0.39 is 5.97 Å². The number of ether oxygens (including phenoxy) is 1. The molecule has 0 atom stereocenters. The van der Waals surface area contributed by atoms with Crippen molar-refractivity contribution in [2.45, 2.75) is 6.54 Å². The summed E-state index contributed by atoms with van der Waals surface area (Å²) in [7, 11) is 5.36. The summed E-state index contributed by atoms with van der Waals surface area (Å²) in [5.74, 6) is -0.413. The Bertz CT molecular complexity index is 546. The van der Waals surface area contributed by atoms with Crippen LogP contribution < -0.4 is 0 Å². The van der Waals surface area contributed by atoms with Gasteiger partial charge in [-0.3, -0.25) is 0 Å². The van der Waals surface area contributed by atoms with Gasteiger partial charge >= 0.3 is 5.97 Å². The summed E-state index contributed by atoms with van der Waals surface area (Å²) in [4.78, 5) is 20.7. The molecule has 0 saturated carbocycles. The Kier molecular flexibility index (Phi) is 3.10. The lowest BCUT2D eigenvalue weighted by molar-refractivity contribution is 0.0594. The van der Waals surface area contributed by atoms with E-state index in [9.17, 15) is 4.79 Å². The molecule has 0 amide bonds. The molecule has 2 aromatic heterocycles. The number of aromatic amines is 1. The molecule has 0 aliphatic carbocycles. The van der Waals surface area contributed by atoms with Crippen LogP contribution in [0.5, 0.6) is 0 Å². The van der Waals surface area contributed by atoms with Crippen molar-refractivity contribution >= 4 is 16.9 Å². The molecular formula is C12H15N3O2. The quantitative estimate of drug-likeness (QED) is 0.814. The van der Waals surface area contributed by atoms with Crippen LogP contribution in [0.2, 0.25) is 0 Å². The Morgan fingerprint density at radius 1 is 1.53 bits per heavy atom. The topological polar surface area (TPSA) is 58.2 Å². The highest BCUT2D eigenvalue weighted by molar-refractivity contribution is 5.93. The summed E-state index contributed by atoms with van der Waals surface area (Å²) in [6.07, 6.45) is 3.59. The number of hydrogen-bond donors (Lipinski definition) is 1. The number of carbonyl (C=O) groups excluding carboxylic acids is 1. The molecule has 0 radical (unpaired) electrons. The third-order valence-corrected chi connectivity index (χ3v) is 2.53. The minimum Gasteiger partial charge on any atom is -0.464 e. The van der Waals surface area contributed by atoms with Crippen LogP contribution in [0.3, 0.4) is 0 Å². The normalized spacial score (nSPS) is 11.1. The van der Waals surface area contributed by atoms with Gasteiger partial charge in [-0.05, 0) is 25.7 Å². The number of aromatic nitrogens is 2. The first-order chi connectivity index (χ1) is 8.11. The summed E-state index contributed by atoms with van der Waals surface area (Å²) < 4.78 is 4.66. The Labute approximate surface area is 99.4 Å². The molecule has 2 heterocycles. The molecular weight excluding hydrogens is 218 g/mol. The first kappa shape index (κ1) is 11.6. The lowest BCUT2D eigenvalue weighted by Crippen LogP contribution is -2.10. The van der Waals surface area contributed by atoms with Crippen molar-refractivity contribution in [1.82, 2.24) is 14.9 Å². The van der Waals surface area contributed by atoms with Gasteiger partial charge in [0.15, 0.2) is 0 Å². The lowest BCUT2D eigenvalue weighted by Gasteiger charge is -2.08. The summed E-state index contributed by atoms with van der Waals surface area (Å²) in [5, 5.41) is 1.01. The minimum atomic E-state index is -0.413. The minimum absolute atomic E-state index is 0.333. The van der Waals surface area contributed by atoms with Crippen LogP contribution >= 0.6 is 0 Å². The van der Waals surface area contributed by atoms with Crippen LogP contribution in [0.15, 0.2) is 18.5 Å². The first-order valence-electron chi connectivity index (χ1n) is 5.31. The molecule has 0 saturated heterocycles. The maximum atomic E-state index is 11.4. The van der Waals surface area contributed by atoms with Crippen molar-refractivity contribution < 1.29 is 9.53 Å². The zero-order valence-corrected chi connectivity index (χ0v) is 10.2. The van der Waals surface area contributed by atoms with Crippen molar-refractivity contribution in [2.75, 3.05) is 21.2 Å². The number of H-pyrrole nitrogens is 1. The Morgan fingerprint density at radius 2 is 2.29 bits per heavy atom. The molecule has 0 bridgehead atoms. The number of methoxy groups -OCH3 is 1. The Balaban J connectivity index is 2.46. The number of rotatable bonds is 3. The van der Waals surface area contributed by atoms with Crippen LogP contribution in [0.4, 0.5) is 0 Å². The van der Waals surface area contributed by atoms with Gasteiger partial charge in [0, 0.05) is 18.1 Å². The highest BCUT2D eigenvalue weighted by Gasteiger charge is 2.11. The maximum Gasteiger partial charge on any atom is 0.356 e. The zero-order chi connectivity index (χ0) is 12.4. The first-order valence-corrected chi connectivity index (χ1v) is 5.31. The van der Waals surface area contributed by atoms with E-state index in [1.54, 1.807) is 12.3 Å². The smallest absolute Gasteiger partial charge is 0.356 e. The number of pyridine rings is 1. The van der Waals surface area contributed by atoms with Gasteiger partial charge in [0.25, 0.3) is 0 Å². The molecule has 1 N–H and O–H groups in total. The highest BCUT2D eigenvalue weighted by atomic mass is 16.5. The van der Waals surface area contributed by atoms with Gasteiger partial charge < -0.3 is 14.6 Å². The van der Waals surface area contributed by atoms with Gasteiger partial charge in [0.2, 0.25) is 0 Å². The number of nitrogens with one attached hydrogen (secondary N) is 1. The van der Waals surface area contributed by atoms with Gasteiger partial charge in [-0.1, -0.05) is 0 Å². The number of nitrogens with zero attached hydrogens (tertiary/aromatic N) is 2. The van der Waals surface area contributed by atoms with Gasteiger partial charge in [-0.25, -0.2) is 9.78 Å². The van der Waals surface area contributed by atoms with Gasteiger partial charge in [0.05, 0.1) is 18.8 Å². The lowest BCUT2D eigenvalue weighted by atomic mass is 10.2. The van der Waals surface area contributed by atoms with E-state index >= 15 is 0 Å². The van der Waals surface area contributed by atoms with Crippen LogP contribution in [0.25, 0.3) is 10.9 Å². The third-order valence-electron chi connectivity index (χ3n) is 2.53. The number of esters is 1. The zero-order valence-electron chi connectivity index (χ0n) is 10.2. The second-order valence-electron chi connectivity index (χ2n) is 4.16. The molecule has 5 nitrogen and oxygen atoms in total. The van der Waals surface area contributed by atoms with E-state index in [1.807, 2.05) is 20.3 Å². The average molecular weight is 233 g/mol. The van der Waals surface area contributed by atoms with Gasteiger partial charge in [-0.2, -0.15) is 0 Å². The SMILES string of the molecule is COC(=O)c1cc2c(CN(C)C)c[nH]c2cn1. The number of carbonyl (C=O) groups is 1. The predicted molar refractivity (Wildman–Crippen MR) is 64.8 cm³/mol. The van der Waals surface area contributed by atoms with Crippen molar-refractivity contribution in [3.63, 3.8) is 0 Å². The monoisotopic (exact) mass is 233 g/mol. The largest absolute Gasteiger partial charge is 0.464 e. The van der Waals surface area contributed by atoms with Crippen LogP contribution in [0.1, 0.15) is 16.1 Å². The summed E-state index contributed by atoms with van der Waals surface area (Å²) in [5.41, 5.74) is 2.40. The standard InChI is InChI=1S/C12H15N3O2/c1-15(2)7-8-5-13-11-6-14-10(4-9(8)11)12(16)17-3/h4-6,13H,7H2,1-3H3. The van der Waals surface area contributed by atoms with Crippen LogP contribution in [-0.2, 0) is 11.3 Å². The van der Waals surface area contributed by atoms with E-state index in [-0.39, 0.29) is 0 Å². The molecule has 0 spiro atoms. The molecule has 0 aliphatic heterocycles. The molecule has 17 heavy (non-hydrogen) atoms. The Morgan fingerprint density at radius 3 is 2.94 bits per heavy atom. The fraction of sp³-hybridized carbons (Fsp3) is 0.333. The maximum absolute atomic E-state index is 11.4. The van der Waals surface area contributed by atoms with Crippen LogP contribution in [-0.4, -0.2) is 42.0 Å². The molecule has 0 aliphatic rings. The summed E-state index contributed by atoms with van der Waals surface area (Å²) in [6, 6.07) is 1.76. The molecule has 2 aromatic rings. The third kappa shape index (κ3) is 2.29. The summed E-state index contributed by atoms with van der Waals surface area (Å²) in [6.45, 7) is 0.810. The molecule has 5 heteroatoms. The molecule has 2 rings (SSSR count). The van der Waals surface area contributed by atoms with E-state index in [0.29, 0.717) is 5.69 Å². The van der Waals surface area contributed by atoms with Crippen molar-refractivity contribution in [1.29, 1.82) is 0 Å². The second kappa shape index (κ2) is 4.55. The summed E-state index contributed by atoms with van der Waals surface area (Å²) >= 11 is 0.